The summed E-state index contributed by atoms with van der Waals surface area (Å²) in [5.74, 6) is 0. The standard InChI is InChI=1S/C11H22O2/c1-8(2)13-10-7-11(3,4)6-9(10)12-5/h8-10H,6-7H2,1-5H3/t9-,10-/m1/s1. The maximum atomic E-state index is 5.83. The van der Waals surface area contributed by atoms with Gasteiger partial charge >= 0.3 is 0 Å². The van der Waals surface area contributed by atoms with Crippen molar-refractivity contribution < 1.29 is 9.47 Å². The van der Waals surface area contributed by atoms with E-state index in [1.807, 2.05) is 0 Å². The van der Waals surface area contributed by atoms with Gasteiger partial charge in [-0.25, -0.2) is 0 Å². The van der Waals surface area contributed by atoms with Crippen LogP contribution in [0.15, 0.2) is 0 Å². The van der Waals surface area contributed by atoms with Crippen LogP contribution >= 0.6 is 0 Å². The Morgan fingerprint density at radius 2 is 1.69 bits per heavy atom. The molecule has 78 valence electrons. The van der Waals surface area contributed by atoms with Gasteiger partial charge in [0, 0.05) is 7.11 Å². The molecular formula is C11H22O2. The molecule has 13 heavy (non-hydrogen) atoms. The summed E-state index contributed by atoms with van der Waals surface area (Å²) in [6.07, 6.45) is 3.11. The van der Waals surface area contributed by atoms with Gasteiger partial charge in [-0.15, -0.1) is 0 Å². The van der Waals surface area contributed by atoms with Gasteiger partial charge in [0.1, 0.15) is 0 Å². The molecule has 0 heterocycles. The summed E-state index contributed by atoms with van der Waals surface area (Å²) in [5.41, 5.74) is 0.375. The Morgan fingerprint density at radius 3 is 2.15 bits per heavy atom. The molecule has 1 aliphatic rings. The van der Waals surface area contributed by atoms with Crippen LogP contribution in [0.4, 0.5) is 0 Å². The van der Waals surface area contributed by atoms with Gasteiger partial charge in [0.05, 0.1) is 18.3 Å². The molecule has 0 aromatic carbocycles. The van der Waals surface area contributed by atoms with Gasteiger partial charge in [0.15, 0.2) is 0 Å². The van der Waals surface area contributed by atoms with E-state index >= 15 is 0 Å². The molecular weight excluding hydrogens is 164 g/mol. The van der Waals surface area contributed by atoms with E-state index in [2.05, 4.69) is 27.7 Å². The van der Waals surface area contributed by atoms with E-state index in [-0.39, 0.29) is 6.10 Å². The van der Waals surface area contributed by atoms with E-state index in [0.29, 0.717) is 17.6 Å². The average molecular weight is 186 g/mol. The van der Waals surface area contributed by atoms with Crippen LogP contribution in [0.2, 0.25) is 0 Å². The van der Waals surface area contributed by atoms with Crippen LogP contribution < -0.4 is 0 Å². The smallest absolute Gasteiger partial charge is 0.0845 e. The molecule has 0 N–H and O–H groups in total. The number of methoxy groups -OCH3 is 1. The highest BCUT2D eigenvalue weighted by Gasteiger charge is 2.40. The lowest BCUT2D eigenvalue weighted by atomic mass is 9.92. The second-order valence-corrected chi connectivity index (χ2v) is 5.07. The summed E-state index contributed by atoms with van der Waals surface area (Å²) in [5, 5.41) is 0. The molecule has 0 spiro atoms. The fraction of sp³-hybridized carbons (Fsp3) is 1.00. The number of ether oxygens (including phenoxy) is 2. The van der Waals surface area contributed by atoms with Crippen LogP contribution in [0.25, 0.3) is 0 Å². The van der Waals surface area contributed by atoms with E-state index < -0.39 is 0 Å². The Labute approximate surface area is 81.6 Å². The monoisotopic (exact) mass is 186 g/mol. The zero-order valence-electron chi connectivity index (χ0n) is 9.46. The van der Waals surface area contributed by atoms with Crippen molar-refractivity contribution in [2.45, 2.75) is 58.8 Å². The fourth-order valence-electron chi connectivity index (χ4n) is 2.16. The summed E-state index contributed by atoms with van der Waals surface area (Å²) in [6, 6.07) is 0. The molecule has 2 heteroatoms. The Kier molecular flexibility index (Phi) is 3.36. The van der Waals surface area contributed by atoms with Gasteiger partial charge < -0.3 is 9.47 Å². The van der Waals surface area contributed by atoms with E-state index in [9.17, 15) is 0 Å². The van der Waals surface area contributed by atoms with Gasteiger partial charge in [-0.1, -0.05) is 13.8 Å². The SMILES string of the molecule is CO[C@@H]1CC(C)(C)C[C@H]1OC(C)C. The van der Waals surface area contributed by atoms with Crippen molar-refractivity contribution in [3.05, 3.63) is 0 Å². The van der Waals surface area contributed by atoms with Crippen LogP contribution in [0.3, 0.4) is 0 Å². The molecule has 0 amide bonds. The van der Waals surface area contributed by atoms with Crippen molar-refractivity contribution in [1.82, 2.24) is 0 Å². The number of hydrogen-bond donors (Lipinski definition) is 0. The lowest BCUT2D eigenvalue weighted by molar-refractivity contribution is -0.0633. The molecule has 0 saturated heterocycles. The van der Waals surface area contributed by atoms with Crippen LogP contribution in [-0.4, -0.2) is 25.4 Å². The Bertz CT molecular complexity index is 163. The van der Waals surface area contributed by atoms with Gasteiger partial charge in [-0.2, -0.15) is 0 Å². The topological polar surface area (TPSA) is 18.5 Å². The molecule has 0 aromatic heterocycles. The summed E-state index contributed by atoms with van der Waals surface area (Å²) >= 11 is 0. The molecule has 1 fully saturated rings. The van der Waals surface area contributed by atoms with Crippen molar-refractivity contribution in [3.8, 4) is 0 Å². The summed E-state index contributed by atoms with van der Waals surface area (Å²) < 4.78 is 11.3. The van der Waals surface area contributed by atoms with Crippen LogP contribution in [-0.2, 0) is 9.47 Å². The molecule has 0 unspecified atom stereocenters. The minimum absolute atomic E-state index is 0.289. The third-order valence-corrected chi connectivity index (χ3v) is 2.67. The lowest BCUT2D eigenvalue weighted by Gasteiger charge is -2.21. The first-order valence-corrected chi connectivity index (χ1v) is 5.13. The van der Waals surface area contributed by atoms with Gasteiger partial charge in [0.2, 0.25) is 0 Å². The van der Waals surface area contributed by atoms with E-state index in [4.69, 9.17) is 9.47 Å². The Balaban J connectivity index is 2.53. The molecule has 0 radical (unpaired) electrons. The van der Waals surface area contributed by atoms with Crippen LogP contribution in [0, 0.1) is 5.41 Å². The second kappa shape index (κ2) is 3.97. The third kappa shape index (κ3) is 2.96. The predicted molar refractivity (Wildman–Crippen MR) is 53.8 cm³/mol. The maximum absolute atomic E-state index is 5.83. The molecule has 0 aromatic rings. The number of hydrogen-bond acceptors (Lipinski definition) is 2. The normalized spacial score (nSPS) is 32.8. The van der Waals surface area contributed by atoms with Gasteiger partial charge in [-0.05, 0) is 32.1 Å². The highest BCUT2D eigenvalue weighted by molar-refractivity contribution is 4.90. The van der Waals surface area contributed by atoms with Crippen molar-refractivity contribution >= 4 is 0 Å². The minimum atomic E-state index is 0.289. The summed E-state index contributed by atoms with van der Waals surface area (Å²) in [7, 11) is 1.78. The fourth-order valence-corrected chi connectivity index (χ4v) is 2.16. The molecule has 1 rings (SSSR count). The highest BCUT2D eigenvalue weighted by Crippen LogP contribution is 2.40. The first kappa shape index (κ1) is 11.0. The van der Waals surface area contributed by atoms with Gasteiger partial charge in [0.25, 0.3) is 0 Å². The zero-order chi connectivity index (χ0) is 10.1. The number of rotatable bonds is 3. The second-order valence-electron chi connectivity index (χ2n) is 5.07. The van der Waals surface area contributed by atoms with Crippen molar-refractivity contribution in [2.75, 3.05) is 7.11 Å². The third-order valence-electron chi connectivity index (χ3n) is 2.67. The predicted octanol–water partition coefficient (Wildman–Crippen LogP) is 2.62. The molecule has 0 bridgehead atoms. The largest absolute Gasteiger partial charge is 0.379 e. The summed E-state index contributed by atoms with van der Waals surface area (Å²) in [4.78, 5) is 0. The highest BCUT2D eigenvalue weighted by atomic mass is 16.5. The van der Waals surface area contributed by atoms with Crippen molar-refractivity contribution in [1.29, 1.82) is 0 Å². The van der Waals surface area contributed by atoms with Crippen molar-refractivity contribution in [3.63, 3.8) is 0 Å². The van der Waals surface area contributed by atoms with E-state index in [1.165, 1.54) is 0 Å². The molecule has 0 aliphatic heterocycles. The molecule has 2 atom stereocenters. The molecule has 1 aliphatic carbocycles. The molecule has 2 nitrogen and oxygen atoms in total. The maximum Gasteiger partial charge on any atom is 0.0845 e. The zero-order valence-corrected chi connectivity index (χ0v) is 9.46. The first-order valence-electron chi connectivity index (χ1n) is 5.13. The Morgan fingerprint density at radius 1 is 1.15 bits per heavy atom. The minimum Gasteiger partial charge on any atom is -0.379 e. The average Bonchev–Trinajstić information content (AvgIpc) is 2.24. The van der Waals surface area contributed by atoms with E-state index in [1.54, 1.807) is 7.11 Å². The van der Waals surface area contributed by atoms with Crippen LogP contribution in [0.1, 0.15) is 40.5 Å². The Hall–Kier alpha value is -0.0800. The first-order chi connectivity index (χ1) is 5.94. The van der Waals surface area contributed by atoms with Crippen LogP contribution in [0.5, 0.6) is 0 Å². The van der Waals surface area contributed by atoms with E-state index in [0.717, 1.165) is 12.8 Å². The quantitative estimate of drug-likeness (QED) is 0.674. The van der Waals surface area contributed by atoms with Gasteiger partial charge in [-0.3, -0.25) is 0 Å². The summed E-state index contributed by atoms with van der Waals surface area (Å²) in [6.45, 7) is 8.72. The lowest BCUT2D eigenvalue weighted by Crippen LogP contribution is -2.27. The van der Waals surface area contributed by atoms with Crippen molar-refractivity contribution in [2.24, 2.45) is 5.41 Å². The molecule has 1 saturated carbocycles.